The molecular formula is C16H12FN. The average Bonchev–Trinajstić information content (AvgIpc) is 2.40. The van der Waals surface area contributed by atoms with Crippen molar-refractivity contribution in [3.63, 3.8) is 0 Å². The lowest BCUT2D eigenvalue weighted by Gasteiger charge is -2.05. The first-order valence-corrected chi connectivity index (χ1v) is 5.90. The van der Waals surface area contributed by atoms with Crippen LogP contribution in [0.5, 0.6) is 0 Å². The quantitative estimate of drug-likeness (QED) is 0.657. The molecule has 88 valence electrons. The fraction of sp³-hybridized carbons (Fsp3) is 0.0625. The Morgan fingerprint density at radius 1 is 0.889 bits per heavy atom. The van der Waals surface area contributed by atoms with E-state index >= 15 is 0 Å². The number of aromatic nitrogens is 1. The molecule has 0 atom stereocenters. The predicted octanol–water partition coefficient (Wildman–Crippen LogP) is 3.96. The van der Waals surface area contributed by atoms with Gasteiger partial charge in [0.05, 0.1) is 0 Å². The van der Waals surface area contributed by atoms with Gasteiger partial charge in [0, 0.05) is 11.6 Å². The molecule has 2 aromatic carbocycles. The molecule has 0 N–H and O–H groups in total. The minimum absolute atomic E-state index is 0.251. The number of pyridine rings is 1. The van der Waals surface area contributed by atoms with Gasteiger partial charge in [-0.05, 0) is 35.7 Å². The first kappa shape index (κ1) is 10.9. The Labute approximate surface area is 105 Å². The van der Waals surface area contributed by atoms with Crippen LogP contribution < -0.4 is 0 Å². The highest BCUT2D eigenvalue weighted by Gasteiger charge is 2.05. The fourth-order valence-corrected chi connectivity index (χ4v) is 2.14. The second-order valence-electron chi connectivity index (χ2n) is 4.32. The third kappa shape index (κ3) is 2.09. The molecule has 0 saturated heterocycles. The number of hydrogen-bond acceptors (Lipinski definition) is 1. The van der Waals surface area contributed by atoms with Crippen molar-refractivity contribution in [1.29, 1.82) is 0 Å². The van der Waals surface area contributed by atoms with E-state index in [2.05, 4.69) is 4.98 Å². The zero-order chi connectivity index (χ0) is 12.4. The van der Waals surface area contributed by atoms with E-state index in [9.17, 15) is 4.39 Å². The zero-order valence-corrected chi connectivity index (χ0v) is 9.81. The fourth-order valence-electron chi connectivity index (χ4n) is 2.14. The maximum Gasteiger partial charge on any atom is 0.149 e. The molecule has 0 radical (unpaired) electrons. The van der Waals surface area contributed by atoms with E-state index in [0.29, 0.717) is 5.52 Å². The summed E-state index contributed by atoms with van der Waals surface area (Å²) in [5, 5.41) is 0.850. The predicted molar refractivity (Wildman–Crippen MR) is 70.9 cm³/mol. The van der Waals surface area contributed by atoms with Crippen molar-refractivity contribution in [1.82, 2.24) is 4.98 Å². The third-order valence-corrected chi connectivity index (χ3v) is 2.97. The van der Waals surface area contributed by atoms with Gasteiger partial charge in [0.1, 0.15) is 11.3 Å². The Hall–Kier alpha value is -2.22. The van der Waals surface area contributed by atoms with E-state index in [1.807, 2.05) is 48.5 Å². The number of nitrogens with zero attached hydrogens (tertiary/aromatic N) is 1. The van der Waals surface area contributed by atoms with Crippen molar-refractivity contribution < 1.29 is 4.39 Å². The smallest absolute Gasteiger partial charge is 0.149 e. The van der Waals surface area contributed by atoms with Gasteiger partial charge in [-0.2, -0.15) is 0 Å². The van der Waals surface area contributed by atoms with Gasteiger partial charge < -0.3 is 0 Å². The van der Waals surface area contributed by atoms with Crippen LogP contribution in [0.15, 0.2) is 60.8 Å². The van der Waals surface area contributed by atoms with Crippen molar-refractivity contribution in [2.24, 2.45) is 0 Å². The van der Waals surface area contributed by atoms with Crippen LogP contribution in [0.3, 0.4) is 0 Å². The highest BCUT2D eigenvalue weighted by atomic mass is 19.1. The molecule has 3 aromatic rings. The van der Waals surface area contributed by atoms with E-state index in [0.717, 1.165) is 17.4 Å². The molecule has 0 unspecified atom stereocenters. The van der Waals surface area contributed by atoms with E-state index in [1.54, 1.807) is 12.3 Å². The van der Waals surface area contributed by atoms with Crippen LogP contribution in [0, 0.1) is 5.82 Å². The average molecular weight is 237 g/mol. The SMILES string of the molecule is Fc1cc(Cc2ccccc2)cc2cccnc12. The lowest BCUT2D eigenvalue weighted by atomic mass is 10.0. The normalized spacial score (nSPS) is 10.7. The van der Waals surface area contributed by atoms with Gasteiger partial charge in [-0.25, -0.2) is 4.39 Å². The van der Waals surface area contributed by atoms with E-state index in [1.165, 1.54) is 5.56 Å². The Balaban J connectivity index is 2.03. The third-order valence-electron chi connectivity index (χ3n) is 2.97. The van der Waals surface area contributed by atoms with Gasteiger partial charge in [0.25, 0.3) is 0 Å². The van der Waals surface area contributed by atoms with Gasteiger partial charge in [-0.3, -0.25) is 4.98 Å². The number of fused-ring (bicyclic) bond motifs is 1. The molecule has 0 bridgehead atoms. The van der Waals surface area contributed by atoms with Gasteiger partial charge in [0.15, 0.2) is 0 Å². The van der Waals surface area contributed by atoms with E-state index in [4.69, 9.17) is 0 Å². The monoisotopic (exact) mass is 237 g/mol. The highest BCUT2D eigenvalue weighted by molar-refractivity contribution is 5.79. The summed E-state index contributed by atoms with van der Waals surface area (Å²) in [6, 6.07) is 17.3. The van der Waals surface area contributed by atoms with Crippen molar-refractivity contribution >= 4 is 10.9 Å². The zero-order valence-electron chi connectivity index (χ0n) is 9.81. The summed E-state index contributed by atoms with van der Waals surface area (Å²) in [6.45, 7) is 0. The van der Waals surface area contributed by atoms with Crippen LogP contribution in [0.2, 0.25) is 0 Å². The number of benzene rings is 2. The summed E-state index contributed by atoms with van der Waals surface area (Å²) in [6.07, 6.45) is 2.35. The van der Waals surface area contributed by atoms with Crippen LogP contribution in [-0.2, 0) is 6.42 Å². The number of rotatable bonds is 2. The van der Waals surface area contributed by atoms with Crippen LogP contribution in [0.4, 0.5) is 4.39 Å². The van der Waals surface area contributed by atoms with Crippen LogP contribution in [0.25, 0.3) is 10.9 Å². The molecule has 0 aliphatic rings. The Kier molecular flexibility index (Phi) is 2.77. The topological polar surface area (TPSA) is 12.9 Å². The molecule has 0 spiro atoms. The summed E-state index contributed by atoms with van der Waals surface area (Å²) in [7, 11) is 0. The molecular weight excluding hydrogens is 225 g/mol. The Bertz CT molecular complexity index is 677. The molecule has 1 aromatic heterocycles. The summed E-state index contributed by atoms with van der Waals surface area (Å²) in [5.74, 6) is -0.251. The van der Waals surface area contributed by atoms with Crippen LogP contribution in [-0.4, -0.2) is 4.98 Å². The molecule has 0 aliphatic heterocycles. The maximum atomic E-state index is 13.9. The molecule has 18 heavy (non-hydrogen) atoms. The lowest BCUT2D eigenvalue weighted by Crippen LogP contribution is -1.91. The lowest BCUT2D eigenvalue weighted by molar-refractivity contribution is 0.635. The molecule has 1 nitrogen and oxygen atoms in total. The summed E-state index contributed by atoms with van der Waals surface area (Å²) < 4.78 is 13.9. The van der Waals surface area contributed by atoms with Crippen LogP contribution >= 0.6 is 0 Å². The first-order chi connectivity index (χ1) is 8.83. The van der Waals surface area contributed by atoms with E-state index < -0.39 is 0 Å². The van der Waals surface area contributed by atoms with Crippen molar-refractivity contribution in [3.05, 3.63) is 77.7 Å². The number of halogens is 1. The second kappa shape index (κ2) is 4.57. The minimum atomic E-state index is -0.251. The Morgan fingerprint density at radius 3 is 2.56 bits per heavy atom. The molecule has 0 fully saturated rings. The second-order valence-corrected chi connectivity index (χ2v) is 4.32. The maximum absolute atomic E-state index is 13.9. The Morgan fingerprint density at radius 2 is 1.72 bits per heavy atom. The molecule has 2 heteroatoms. The first-order valence-electron chi connectivity index (χ1n) is 5.90. The van der Waals surface area contributed by atoms with Gasteiger partial charge in [-0.1, -0.05) is 36.4 Å². The largest absolute Gasteiger partial charge is 0.253 e. The summed E-state index contributed by atoms with van der Waals surface area (Å²) >= 11 is 0. The van der Waals surface area contributed by atoms with E-state index in [-0.39, 0.29) is 5.82 Å². The standard InChI is InChI=1S/C16H12FN/c17-15-11-13(9-12-5-2-1-3-6-12)10-14-7-4-8-18-16(14)15/h1-8,10-11H,9H2. The number of hydrogen-bond donors (Lipinski definition) is 0. The van der Waals surface area contributed by atoms with Crippen molar-refractivity contribution in [2.45, 2.75) is 6.42 Å². The molecule has 1 heterocycles. The highest BCUT2D eigenvalue weighted by Crippen LogP contribution is 2.19. The van der Waals surface area contributed by atoms with Crippen molar-refractivity contribution in [3.8, 4) is 0 Å². The van der Waals surface area contributed by atoms with Crippen LogP contribution in [0.1, 0.15) is 11.1 Å². The minimum Gasteiger partial charge on any atom is -0.253 e. The molecule has 0 amide bonds. The van der Waals surface area contributed by atoms with Crippen molar-refractivity contribution in [2.75, 3.05) is 0 Å². The van der Waals surface area contributed by atoms with Gasteiger partial charge in [0.2, 0.25) is 0 Å². The van der Waals surface area contributed by atoms with Gasteiger partial charge in [-0.15, -0.1) is 0 Å². The summed E-state index contributed by atoms with van der Waals surface area (Å²) in [5.41, 5.74) is 2.59. The molecule has 3 rings (SSSR count). The molecule has 0 saturated carbocycles. The van der Waals surface area contributed by atoms with Gasteiger partial charge >= 0.3 is 0 Å². The molecule has 0 aliphatic carbocycles. The summed E-state index contributed by atoms with van der Waals surface area (Å²) in [4.78, 5) is 4.05.